The number of halogens is 2. The maximum absolute atomic E-state index is 13.8. The number of amides is 1. The van der Waals surface area contributed by atoms with E-state index in [-0.39, 0.29) is 24.1 Å². The Kier molecular flexibility index (Phi) is 7.90. The predicted molar refractivity (Wildman–Crippen MR) is 106 cm³/mol. The molecule has 2 fully saturated rings. The van der Waals surface area contributed by atoms with Crippen LogP contribution < -0.4 is 5.32 Å². The molecule has 1 heterocycles. The number of nitrogens with zero attached hydrogens (tertiary/aromatic N) is 1. The lowest BCUT2D eigenvalue weighted by Crippen LogP contribution is -2.51. The van der Waals surface area contributed by atoms with Gasteiger partial charge in [-0.1, -0.05) is 38.3 Å². The smallest absolute Gasteiger partial charge is 0.233 e. The van der Waals surface area contributed by atoms with Crippen molar-refractivity contribution in [3.8, 4) is 0 Å². The average molecular weight is 383 g/mol. The van der Waals surface area contributed by atoms with Crippen LogP contribution in [0.4, 0.5) is 4.39 Å². The molecule has 1 amide bonds. The van der Waals surface area contributed by atoms with Crippen LogP contribution in [0, 0.1) is 11.7 Å². The number of hydrogen-bond donors (Lipinski definition) is 1. The first-order valence-corrected chi connectivity index (χ1v) is 9.92. The zero-order valence-corrected chi connectivity index (χ0v) is 16.6. The van der Waals surface area contributed by atoms with Crippen molar-refractivity contribution in [3.63, 3.8) is 0 Å². The second-order valence-electron chi connectivity index (χ2n) is 7.70. The molecule has 2 aliphatic rings. The van der Waals surface area contributed by atoms with Crippen molar-refractivity contribution >= 4 is 18.3 Å². The summed E-state index contributed by atoms with van der Waals surface area (Å²) < 4.78 is 13.8. The van der Waals surface area contributed by atoms with Gasteiger partial charge in [0.05, 0.1) is 5.41 Å². The molecule has 5 heteroatoms. The van der Waals surface area contributed by atoms with Gasteiger partial charge in [0.15, 0.2) is 0 Å². The number of hydrogen-bond acceptors (Lipinski definition) is 2. The first-order chi connectivity index (χ1) is 12.2. The minimum Gasteiger partial charge on any atom is -0.342 e. The van der Waals surface area contributed by atoms with Crippen LogP contribution in [0.25, 0.3) is 0 Å². The minimum atomic E-state index is -0.505. The van der Waals surface area contributed by atoms with Gasteiger partial charge in [-0.2, -0.15) is 0 Å². The summed E-state index contributed by atoms with van der Waals surface area (Å²) in [6.45, 7) is 5.86. The molecule has 0 aromatic heterocycles. The lowest BCUT2D eigenvalue weighted by atomic mass is 9.68. The lowest BCUT2D eigenvalue weighted by Gasteiger charge is -2.42. The molecule has 0 atom stereocenters. The summed E-state index contributed by atoms with van der Waals surface area (Å²) in [6.07, 6.45) is 7.13. The van der Waals surface area contributed by atoms with E-state index in [9.17, 15) is 9.18 Å². The maximum Gasteiger partial charge on any atom is 0.233 e. The fraction of sp³-hybridized carbons (Fsp3) is 0.667. The fourth-order valence-corrected chi connectivity index (χ4v) is 4.56. The first kappa shape index (κ1) is 21.2. The lowest BCUT2D eigenvalue weighted by molar-refractivity contribution is -0.140. The third-order valence-corrected chi connectivity index (χ3v) is 6.08. The highest BCUT2D eigenvalue weighted by molar-refractivity contribution is 5.88. The number of nitrogens with one attached hydrogen (secondary N) is 1. The molecule has 3 rings (SSSR count). The Morgan fingerprint density at radius 2 is 1.92 bits per heavy atom. The Hall–Kier alpha value is -1.13. The summed E-state index contributed by atoms with van der Waals surface area (Å²) in [6, 6.07) is 6.75. The number of carbonyl (C=O) groups is 1. The van der Waals surface area contributed by atoms with Gasteiger partial charge >= 0.3 is 0 Å². The van der Waals surface area contributed by atoms with Crippen LogP contribution in [0.5, 0.6) is 0 Å². The highest BCUT2D eigenvalue weighted by atomic mass is 35.5. The Bertz CT molecular complexity index is 581. The minimum absolute atomic E-state index is 0. The van der Waals surface area contributed by atoms with Crippen molar-refractivity contribution in [1.82, 2.24) is 10.2 Å². The van der Waals surface area contributed by atoms with Crippen LogP contribution in [0.3, 0.4) is 0 Å². The number of benzene rings is 1. The zero-order chi connectivity index (χ0) is 17.7. The molecular weight excluding hydrogens is 351 g/mol. The van der Waals surface area contributed by atoms with E-state index < -0.39 is 5.41 Å². The molecule has 1 N–H and O–H groups in total. The van der Waals surface area contributed by atoms with Gasteiger partial charge in [0.1, 0.15) is 5.82 Å². The molecule has 0 unspecified atom stereocenters. The quantitative estimate of drug-likeness (QED) is 0.823. The van der Waals surface area contributed by atoms with Crippen molar-refractivity contribution in [2.75, 3.05) is 26.2 Å². The van der Waals surface area contributed by atoms with Gasteiger partial charge in [0.2, 0.25) is 5.91 Å². The SMILES string of the molecule is CCNCC1CCN(C(=O)C2(c3cccc(F)c3)CCCCC2)CC1.Cl. The second kappa shape index (κ2) is 9.70. The van der Waals surface area contributed by atoms with Crippen LogP contribution in [0.2, 0.25) is 0 Å². The van der Waals surface area contributed by atoms with Crippen LogP contribution in [0.15, 0.2) is 24.3 Å². The summed E-state index contributed by atoms with van der Waals surface area (Å²) in [4.78, 5) is 15.5. The monoisotopic (exact) mass is 382 g/mol. The third kappa shape index (κ3) is 4.58. The molecule has 1 aliphatic heterocycles. The topological polar surface area (TPSA) is 32.3 Å². The Morgan fingerprint density at radius 3 is 2.54 bits per heavy atom. The average Bonchev–Trinajstić information content (AvgIpc) is 2.67. The normalized spacial score (nSPS) is 20.5. The first-order valence-electron chi connectivity index (χ1n) is 9.92. The molecule has 146 valence electrons. The van der Waals surface area contributed by atoms with Gasteiger partial charge in [0.25, 0.3) is 0 Å². The van der Waals surface area contributed by atoms with Crippen LogP contribution in [0.1, 0.15) is 57.4 Å². The molecule has 1 saturated carbocycles. The summed E-state index contributed by atoms with van der Waals surface area (Å²) in [5, 5.41) is 3.42. The van der Waals surface area contributed by atoms with Crippen LogP contribution in [-0.2, 0) is 10.2 Å². The van der Waals surface area contributed by atoms with E-state index in [1.807, 2.05) is 6.07 Å². The van der Waals surface area contributed by atoms with Gasteiger partial charge in [-0.15, -0.1) is 12.4 Å². The van der Waals surface area contributed by atoms with Crippen LogP contribution >= 0.6 is 12.4 Å². The van der Waals surface area contributed by atoms with Gasteiger partial charge < -0.3 is 10.2 Å². The van der Waals surface area contributed by atoms with Gasteiger partial charge in [-0.05, 0) is 62.4 Å². The summed E-state index contributed by atoms with van der Waals surface area (Å²) >= 11 is 0. The fourth-order valence-electron chi connectivity index (χ4n) is 4.56. The third-order valence-electron chi connectivity index (χ3n) is 6.08. The van der Waals surface area contributed by atoms with Crippen molar-refractivity contribution < 1.29 is 9.18 Å². The van der Waals surface area contributed by atoms with E-state index in [1.165, 1.54) is 12.5 Å². The summed E-state index contributed by atoms with van der Waals surface area (Å²) in [5.74, 6) is 0.666. The molecule has 3 nitrogen and oxygen atoms in total. The zero-order valence-electron chi connectivity index (χ0n) is 15.8. The maximum atomic E-state index is 13.8. The molecule has 0 spiro atoms. The van der Waals surface area contributed by atoms with Gasteiger partial charge in [-0.3, -0.25) is 4.79 Å². The summed E-state index contributed by atoms with van der Waals surface area (Å²) in [7, 11) is 0. The van der Waals surface area contributed by atoms with Crippen molar-refractivity contribution in [2.24, 2.45) is 5.92 Å². The number of rotatable bonds is 5. The number of piperidine rings is 1. The van der Waals surface area contributed by atoms with Crippen molar-refractivity contribution in [2.45, 2.75) is 57.3 Å². The Labute approximate surface area is 163 Å². The molecule has 1 aromatic rings. The Morgan fingerprint density at radius 1 is 1.23 bits per heavy atom. The molecule has 0 bridgehead atoms. The van der Waals surface area contributed by atoms with E-state index in [0.717, 1.165) is 70.3 Å². The molecule has 26 heavy (non-hydrogen) atoms. The van der Waals surface area contributed by atoms with E-state index in [4.69, 9.17) is 0 Å². The van der Waals surface area contributed by atoms with Gasteiger partial charge in [0, 0.05) is 13.1 Å². The van der Waals surface area contributed by atoms with Crippen molar-refractivity contribution in [3.05, 3.63) is 35.6 Å². The Balaban J connectivity index is 0.00000243. The molecule has 1 aliphatic carbocycles. The molecule has 1 aromatic carbocycles. The van der Waals surface area contributed by atoms with E-state index in [0.29, 0.717) is 5.92 Å². The second-order valence-corrected chi connectivity index (χ2v) is 7.70. The highest BCUT2D eigenvalue weighted by Gasteiger charge is 2.44. The molecule has 0 radical (unpaired) electrons. The number of likely N-dealkylation sites (tertiary alicyclic amines) is 1. The van der Waals surface area contributed by atoms with E-state index in [1.54, 1.807) is 12.1 Å². The molecular formula is C21H32ClFN2O. The number of carbonyl (C=O) groups excluding carboxylic acids is 1. The van der Waals surface area contributed by atoms with E-state index >= 15 is 0 Å². The summed E-state index contributed by atoms with van der Waals surface area (Å²) in [5.41, 5.74) is 0.376. The largest absolute Gasteiger partial charge is 0.342 e. The van der Waals surface area contributed by atoms with Crippen LogP contribution in [-0.4, -0.2) is 37.0 Å². The van der Waals surface area contributed by atoms with E-state index in [2.05, 4.69) is 17.1 Å². The van der Waals surface area contributed by atoms with Gasteiger partial charge in [-0.25, -0.2) is 4.39 Å². The molecule has 1 saturated heterocycles. The standard InChI is InChI=1S/C21H31FN2O.ClH/c1-2-23-16-17-9-13-24(14-10-17)20(25)21(11-4-3-5-12-21)18-7-6-8-19(22)15-18;/h6-8,15,17,23H,2-5,9-14,16H2,1H3;1H. The predicted octanol–water partition coefficient (Wildman–Crippen LogP) is 4.30. The van der Waals surface area contributed by atoms with Crippen molar-refractivity contribution in [1.29, 1.82) is 0 Å². The highest BCUT2D eigenvalue weighted by Crippen LogP contribution is 2.41.